The molecule has 0 aromatic heterocycles. The molecule has 1 aromatic rings. The van der Waals surface area contributed by atoms with Gasteiger partial charge in [-0.2, -0.15) is 0 Å². The molecule has 1 aliphatic carbocycles. The fourth-order valence-corrected chi connectivity index (χ4v) is 1.66. The van der Waals surface area contributed by atoms with Crippen molar-refractivity contribution in [1.82, 2.24) is 5.32 Å². The lowest BCUT2D eigenvalue weighted by molar-refractivity contribution is 0.0320. The quantitative estimate of drug-likeness (QED) is 0.784. The topological polar surface area (TPSA) is 58.6 Å². The largest absolute Gasteiger partial charge is 0.389 e. The number of benzene rings is 1. The maximum Gasteiger partial charge on any atom is 0.251 e. The van der Waals surface area contributed by atoms with Crippen LogP contribution in [0.25, 0.3) is 0 Å². The highest BCUT2D eigenvalue weighted by Crippen LogP contribution is 2.28. The standard InChI is InChI=1S/C14H18FNO3/c15-12-3-1-2-11(6-12)14(18)16-7-13(17)9-19-8-10-4-5-10/h1-3,6,10,13,17H,4-5,7-9H2,(H,16,18). The molecular formula is C14H18FNO3. The predicted octanol–water partition coefficient (Wildman–Crippen LogP) is 1.34. The van der Waals surface area contributed by atoms with Crippen LogP contribution in [-0.2, 0) is 4.74 Å². The zero-order valence-corrected chi connectivity index (χ0v) is 10.6. The second kappa shape index (κ2) is 6.63. The molecule has 1 atom stereocenters. The Balaban J connectivity index is 1.67. The van der Waals surface area contributed by atoms with E-state index in [1.54, 1.807) is 0 Å². The van der Waals surface area contributed by atoms with Gasteiger partial charge in [-0.05, 0) is 37.0 Å². The first-order valence-corrected chi connectivity index (χ1v) is 6.44. The number of carbonyl (C=O) groups excluding carboxylic acids is 1. The molecule has 1 aromatic carbocycles. The molecule has 1 aliphatic rings. The van der Waals surface area contributed by atoms with Crippen molar-refractivity contribution in [2.75, 3.05) is 19.8 Å². The summed E-state index contributed by atoms with van der Waals surface area (Å²) < 4.78 is 18.2. The summed E-state index contributed by atoms with van der Waals surface area (Å²) in [5.41, 5.74) is 0.242. The van der Waals surface area contributed by atoms with Gasteiger partial charge < -0.3 is 15.2 Å². The molecule has 19 heavy (non-hydrogen) atoms. The molecule has 0 radical (unpaired) electrons. The second-order valence-corrected chi connectivity index (χ2v) is 4.86. The third-order valence-electron chi connectivity index (χ3n) is 2.95. The van der Waals surface area contributed by atoms with Gasteiger partial charge in [0.2, 0.25) is 0 Å². The molecule has 1 saturated carbocycles. The first-order valence-electron chi connectivity index (χ1n) is 6.44. The third-order valence-corrected chi connectivity index (χ3v) is 2.95. The van der Waals surface area contributed by atoms with Crippen molar-refractivity contribution in [3.05, 3.63) is 35.6 Å². The van der Waals surface area contributed by atoms with E-state index < -0.39 is 17.8 Å². The van der Waals surface area contributed by atoms with Crippen LogP contribution in [0.3, 0.4) is 0 Å². The summed E-state index contributed by atoms with van der Waals surface area (Å²) in [6.45, 7) is 0.981. The van der Waals surface area contributed by atoms with Gasteiger partial charge in [0.15, 0.2) is 0 Å². The molecule has 0 spiro atoms. The summed E-state index contributed by atoms with van der Waals surface area (Å²) in [5.74, 6) is -0.212. The number of halogens is 1. The molecular weight excluding hydrogens is 249 g/mol. The van der Waals surface area contributed by atoms with Crippen LogP contribution in [0.15, 0.2) is 24.3 Å². The number of hydrogen-bond donors (Lipinski definition) is 2. The monoisotopic (exact) mass is 267 g/mol. The number of aliphatic hydroxyl groups excluding tert-OH is 1. The van der Waals surface area contributed by atoms with Crippen LogP contribution < -0.4 is 5.32 Å². The van der Waals surface area contributed by atoms with Gasteiger partial charge in [-0.3, -0.25) is 4.79 Å². The number of amides is 1. The van der Waals surface area contributed by atoms with E-state index in [-0.39, 0.29) is 18.7 Å². The fraction of sp³-hybridized carbons (Fsp3) is 0.500. The van der Waals surface area contributed by atoms with Gasteiger partial charge in [-0.15, -0.1) is 0 Å². The number of ether oxygens (including phenoxy) is 1. The Morgan fingerprint density at radius 3 is 3.00 bits per heavy atom. The van der Waals surface area contributed by atoms with E-state index in [0.29, 0.717) is 12.5 Å². The minimum atomic E-state index is -0.740. The number of nitrogens with one attached hydrogen (secondary N) is 1. The number of hydrogen-bond acceptors (Lipinski definition) is 3. The van der Waals surface area contributed by atoms with Gasteiger partial charge in [0.1, 0.15) is 5.82 Å². The summed E-state index contributed by atoms with van der Waals surface area (Å²) in [6.07, 6.45) is 1.66. The first-order chi connectivity index (χ1) is 9.15. The molecule has 0 bridgehead atoms. The summed E-state index contributed by atoms with van der Waals surface area (Å²) in [5, 5.41) is 12.2. The van der Waals surface area contributed by atoms with Crippen molar-refractivity contribution in [2.24, 2.45) is 5.92 Å². The lowest BCUT2D eigenvalue weighted by Crippen LogP contribution is -2.34. The van der Waals surface area contributed by atoms with Crippen molar-refractivity contribution in [2.45, 2.75) is 18.9 Å². The normalized spacial score (nSPS) is 16.1. The average Bonchev–Trinajstić information content (AvgIpc) is 3.20. The SMILES string of the molecule is O=C(NCC(O)COCC1CC1)c1cccc(F)c1. The van der Waals surface area contributed by atoms with Crippen molar-refractivity contribution < 1.29 is 19.0 Å². The Labute approximate surface area is 111 Å². The molecule has 0 heterocycles. The molecule has 0 aliphatic heterocycles. The molecule has 2 rings (SSSR count). The fourth-order valence-electron chi connectivity index (χ4n) is 1.66. The zero-order valence-electron chi connectivity index (χ0n) is 10.6. The summed E-state index contributed by atoms with van der Waals surface area (Å²) in [6, 6.07) is 5.43. The zero-order chi connectivity index (χ0) is 13.7. The van der Waals surface area contributed by atoms with Crippen LogP contribution in [0.5, 0.6) is 0 Å². The third kappa shape index (κ3) is 4.96. The van der Waals surface area contributed by atoms with Crippen molar-refractivity contribution in [1.29, 1.82) is 0 Å². The van der Waals surface area contributed by atoms with Crippen LogP contribution >= 0.6 is 0 Å². The molecule has 4 nitrogen and oxygen atoms in total. The van der Waals surface area contributed by atoms with E-state index in [4.69, 9.17) is 4.74 Å². The van der Waals surface area contributed by atoms with Crippen molar-refractivity contribution in [3.8, 4) is 0 Å². The number of carbonyl (C=O) groups is 1. The number of aliphatic hydroxyl groups is 1. The van der Waals surface area contributed by atoms with Crippen molar-refractivity contribution >= 4 is 5.91 Å². The lowest BCUT2D eigenvalue weighted by Gasteiger charge is -2.12. The Morgan fingerprint density at radius 2 is 2.32 bits per heavy atom. The average molecular weight is 267 g/mol. The highest BCUT2D eigenvalue weighted by Gasteiger charge is 2.21. The summed E-state index contributed by atoms with van der Waals surface area (Å²) in [7, 11) is 0. The summed E-state index contributed by atoms with van der Waals surface area (Å²) >= 11 is 0. The first kappa shape index (κ1) is 14.0. The number of rotatable bonds is 7. The molecule has 5 heteroatoms. The smallest absolute Gasteiger partial charge is 0.251 e. The van der Waals surface area contributed by atoms with E-state index >= 15 is 0 Å². The molecule has 1 unspecified atom stereocenters. The maximum absolute atomic E-state index is 12.9. The van der Waals surface area contributed by atoms with Gasteiger partial charge in [0.25, 0.3) is 5.91 Å². The second-order valence-electron chi connectivity index (χ2n) is 4.86. The maximum atomic E-state index is 12.9. The minimum absolute atomic E-state index is 0.0972. The van der Waals surface area contributed by atoms with E-state index in [2.05, 4.69) is 5.32 Å². The molecule has 2 N–H and O–H groups in total. The highest BCUT2D eigenvalue weighted by atomic mass is 19.1. The van der Waals surface area contributed by atoms with Gasteiger partial charge in [0, 0.05) is 18.7 Å². The molecule has 1 amide bonds. The van der Waals surface area contributed by atoms with Crippen LogP contribution in [0.1, 0.15) is 23.2 Å². The Kier molecular flexibility index (Phi) is 4.87. The summed E-state index contributed by atoms with van der Waals surface area (Å²) in [4.78, 5) is 11.7. The Morgan fingerprint density at radius 1 is 1.53 bits per heavy atom. The Bertz CT molecular complexity index is 434. The van der Waals surface area contributed by atoms with Crippen LogP contribution in [-0.4, -0.2) is 36.9 Å². The predicted molar refractivity (Wildman–Crippen MR) is 68.3 cm³/mol. The highest BCUT2D eigenvalue weighted by molar-refractivity contribution is 5.94. The van der Waals surface area contributed by atoms with Crippen molar-refractivity contribution in [3.63, 3.8) is 0 Å². The minimum Gasteiger partial charge on any atom is -0.389 e. The lowest BCUT2D eigenvalue weighted by atomic mass is 10.2. The molecule has 0 saturated heterocycles. The molecule has 1 fully saturated rings. The van der Waals surface area contributed by atoms with Crippen LogP contribution in [0, 0.1) is 11.7 Å². The van der Waals surface area contributed by atoms with Crippen LogP contribution in [0.2, 0.25) is 0 Å². The molecule has 104 valence electrons. The van der Waals surface area contributed by atoms with Gasteiger partial charge in [0.05, 0.1) is 12.7 Å². The van der Waals surface area contributed by atoms with Gasteiger partial charge >= 0.3 is 0 Å². The Hall–Kier alpha value is -1.46. The van der Waals surface area contributed by atoms with Crippen LogP contribution in [0.4, 0.5) is 4.39 Å². The van der Waals surface area contributed by atoms with Gasteiger partial charge in [-0.1, -0.05) is 6.07 Å². The van der Waals surface area contributed by atoms with E-state index in [1.165, 1.54) is 31.0 Å². The van der Waals surface area contributed by atoms with E-state index in [0.717, 1.165) is 6.07 Å². The van der Waals surface area contributed by atoms with E-state index in [1.807, 2.05) is 0 Å². The van der Waals surface area contributed by atoms with Gasteiger partial charge in [-0.25, -0.2) is 4.39 Å². The van der Waals surface area contributed by atoms with E-state index in [9.17, 15) is 14.3 Å².